The molecule has 23 heavy (non-hydrogen) atoms. The zero-order valence-electron chi connectivity index (χ0n) is 13.8. The molecule has 3 atom stereocenters. The molecule has 2 rings (SSSR count). The summed E-state index contributed by atoms with van der Waals surface area (Å²) < 4.78 is 16.5. The van der Waals surface area contributed by atoms with E-state index >= 15 is 0 Å². The predicted molar refractivity (Wildman–Crippen MR) is 85.5 cm³/mol. The fraction of sp³-hybridized carbons (Fsp3) is 0.500. The van der Waals surface area contributed by atoms with Crippen molar-refractivity contribution in [2.45, 2.75) is 45.9 Å². The van der Waals surface area contributed by atoms with E-state index in [2.05, 4.69) is 6.58 Å². The molecular weight excluding hydrogens is 296 g/mol. The van der Waals surface area contributed by atoms with Crippen LogP contribution in [-0.4, -0.2) is 36.2 Å². The summed E-state index contributed by atoms with van der Waals surface area (Å²) >= 11 is 0. The van der Waals surface area contributed by atoms with E-state index in [1.54, 1.807) is 20.8 Å². The molecule has 1 aliphatic rings. The molecule has 1 aromatic rings. The van der Waals surface area contributed by atoms with E-state index in [0.717, 1.165) is 5.56 Å². The summed E-state index contributed by atoms with van der Waals surface area (Å²) in [5.41, 5.74) is 0.864. The molecule has 1 aromatic carbocycles. The summed E-state index contributed by atoms with van der Waals surface area (Å²) in [6.45, 7) is 9.50. The monoisotopic (exact) mass is 320 g/mol. The Labute approximate surface area is 136 Å². The van der Waals surface area contributed by atoms with E-state index in [1.807, 2.05) is 30.3 Å². The summed E-state index contributed by atoms with van der Waals surface area (Å²) in [7, 11) is 0. The zero-order chi connectivity index (χ0) is 17.0. The molecule has 0 bridgehead atoms. The number of hydrogen-bond donors (Lipinski definition) is 1. The number of carbonyl (C=O) groups excluding carboxylic acids is 1. The van der Waals surface area contributed by atoms with Gasteiger partial charge in [0.1, 0.15) is 18.8 Å². The van der Waals surface area contributed by atoms with Crippen molar-refractivity contribution in [1.82, 2.24) is 0 Å². The molecule has 1 saturated heterocycles. The van der Waals surface area contributed by atoms with Gasteiger partial charge in [0.15, 0.2) is 6.29 Å². The van der Waals surface area contributed by atoms with E-state index in [4.69, 9.17) is 14.2 Å². The molecule has 1 N–H and O–H groups in total. The molecule has 0 unspecified atom stereocenters. The summed E-state index contributed by atoms with van der Waals surface area (Å²) in [5, 5.41) is 10.1. The van der Waals surface area contributed by atoms with E-state index < -0.39 is 23.9 Å². The Bertz CT molecular complexity index is 546. The number of aliphatic hydroxyl groups excluding tert-OH is 1. The van der Waals surface area contributed by atoms with E-state index in [9.17, 15) is 9.90 Å². The fourth-order valence-corrected chi connectivity index (χ4v) is 2.09. The molecule has 0 saturated carbocycles. The SMILES string of the molecule is C=C1[C@@H](COC(=O)C(C)(C)C)O[C@H](OCc2ccccc2)[C@H]1O. The highest BCUT2D eigenvalue weighted by Gasteiger charge is 2.39. The van der Waals surface area contributed by atoms with Crippen molar-refractivity contribution in [2.24, 2.45) is 5.41 Å². The second-order valence-electron chi connectivity index (χ2n) is 6.66. The van der Waals surface area contributed by atoms with Crippen LogP contribution < -0.4 is 0 Å². The van der Waals surface area contributed by atoms with E-state index in [0.29, 0.717) is 12.2 Å². The van der Waals surface area contributed by atoms with Crippen LogP contribution in [-0.2, 0) is 25.6 Å². The van der Waals surface area contributed by atoms with Gasteiger partial charge < -0.3 is 19.3 Å². The van der Waals surface area contributed by atoms with Gasteiger partial charge >= 0.3 is 5.97 Å². The molecule has 0 radical (unpaired) electrons. The molecule has 5 nitrogen and oxygen atoms in total. The van der Waals surface area contributed by atoms with Gasteiger partial charge in [-0.1, -0.05) is 36.9 Å². The summed E-state index contributed by atoms with van der Waals surface area (Å²) in [6, 6.07) is 9.61. The maximum Gasteiger partial charge on any atom is 0.311 e. The molecular formula is C18H24O5. The molecule has 0 spiro atoms. The van der Waals surface area contributed by atoms with Gasteiger partial charge in [-0.2, -0.15) is 0 Å². The fourth-order valence-electron chi connectivity index (χ4n) is 2.09. The van der Waals surface area contributed by atoms with Crippen LogP contribution in [0.25, 0.3) is 0 Å². The van der Waals surface area contributed by atoms with Crippen molar-refractivity contribution in [2.75, 3.05) is 6.61 Å². The number of hydrogen-bond acceptors (Lipinski definition) is 5. The predicted octanol–water partition coefficient (Wildman–Crippen LogP) is 2.43. The van der Waals surface area contributed by atoms with Gasteiger partial charge in [0.25, 0.3) is 0 Å². The second kappa shape index (κ2) is 7.25. The number of rotatable bonds is 5. The normalized spacial score (nSPS) is 24.7. The minimum absolute atomic E-state index is 0.0250. The third-order valence-corrected chi connectivity index (χ3v) is 3.58. The average Bonchev–Trinajstić information content (AvgIpc) is 2.78. The highest BCUT2D eigenvalue weighted by Crippen LogP contribution is 2.27. The number of carbonyl (C=O) groups is 1. The van der Waals surface area contributed by atoms with Crippen molar-refractivity contribution in [1.29, 1.82) is 0 Å². The second-order valence-corrected chi connectivity index (χ2v) is 6.66. The lowest BCUT2D eigenvalue weighted by molar-refractivity contribution is -0.182. The van der Waals surface area contributed by atoms with Gasteiger partial charge in [0.2, 0.25) is 0 Å². The lowest BCUT2D eigenvalue weighted by atomic mass is 9.97. The summed E-state index contributed by atoms with van der Waals surface area (Å²) in [5.74, 6) is -0.322. The molecule has 0 amide bonds. The first-order valence-electron chi connectivity index (χ1n) is 7.64. The lowest BCUT2D eigenvalue weighted by Crippen LogP contribution is -2.28. The zero-order valence-corrected chi connectivity index (χ0v) is 13.8. The molecule has 1 fully saturated rings. The molecule has 1 heterocycles. The smallest absolute Gasteiger partial charge is 0.311 e. The Morgan fingerprint density at radius 3 is 2.57 bits per heavy atom. The van der Waals surface area contributed by atoms with Crippen molar-refractivity contribution in [3.8, 4) is 0 Å². The third kappa shape index (κ3) is 4.64. The minimum atomic E-state index is -0.933. The maximum atomic E-state index is 11.8. The van der Waals surface area contributed by atoms with Crippen molar-refractivity contribution >= 4 is 5.97 Å². The van der Waals surface area contributed by atoms with Crippen LogP contribution >= 0.6 is 0 Å². The Morgan fingerprint density at radius 1 is 1.30 bits per heavy atom. The van der Waals surface area contributed by atoms with Gasteiger partial charge in [0.05, 0.1) is 12.0 Å². The van der Waals surface area contributed by atoms with Crippen LogP contribution in [0.5, 0.6) is 0 Å². The van der Waals surface area contributed by atoms with Gasteiger partial charge in [-0.15, -0.1) is 0 Å². The molecule has 126 valence electrons. The third-order valence-electron chi connectivity index (χ3n) is 3.58. The Hall–Kier alpha value is -1.69. The van der Waals surface area contributed by atoms with Crippen LogP contribution in [0.4, 0.5) is 0 Å². The standard InChI is InChI=1S/C18H24O5/c1-12-14(11-22-17(20)18(2,3)4)23-16(15(12)19)21-10-13-8-6-5-7-9-13/h5-9,14-16,19H,1,10-11H2,2-4H3/t14-,15+,16+/m1/s1. The molecule has 0 aliphatic carbocycles. The Balaban J connectivity index is 1.86. The number of ether oxygens (including phenoxy) is 3. The number of aliphatic hydroxyl groups is 1. The van der Waals surface area contributed by atoms with Crippen molar-refractivity contribution < 1.29 is 24.1 Å². The van der Waals surface area contributed by atoms with Gasteiger partial charge in [0, 0.05) is 0 Å². The van der Waals surface area contributed by atoms with Gasteiger partial charge in [-0.3, -0.25) is 4.79 Å². The summed E-state index contributed by atoms with van der Waals surface area (Å²) in [6.07, 6.45) is -2.30. The summed E-state index contributed by atoms with van der Waals surface area (Å²) in [4.78, 5) is 11.8. The molecule has 5 heteroatoms. The van der Waals surface area contributed by atoms with E-state index in [1.165, 1.54) is 0 Å². The van der Waals surface area contributed by atoms with Crippen LogP contribution in [0, 0.1) is 5.41 Å². The minimum Gasteiger partial charge on any atom is -0.462 e. The quantitative estimate of drug-likeness (QED) is 0.667. The first kappa shape index (κ1) is 17.7. The lowest BCUT2D eigenvalue weighted by Gasteiger charge is -2.19. The van der Waals surface area contributed by atoms with Gasteiger partial charge in [-0.05, 0) is 31.9 Å². The molecule has 1 aliphatic heterocycles. The van der Waals surface area contributed by atoms with Crippen LogP contribution in [0.15, 0.2) is 42.5 Å². The van der Waals surface area contributed by atoms with Crippen molar-refractivity contribution in [3.05, 3.63) is 48.0 Å². The van der Waals surface area contributed by atoms with Crippen LogP contribution in [0.2, 0.25) is 0 Å². The first-order chi connectivity index (χ1) is 10.8. The van der Waals surface area contributed by atoms with Gasteiger partial charge in [-0.25, -0.2) is 0 Å². The highest BCUT2D eigenvalue weighted by atomic mass is 16.7. The Morgan fingerprint density at radius 2 is 1.96 bits per heavy atom. The maximum absolute atomic E-state index is 11.8. The largest absolute Gasteiger partial charge is 0.462 e. The van der Waals surface area contributed by atoms with Crippen molar-refractivity contribution in [3.63, 3.8) is 0 Å². The van der Waals surface area contributed by atoms with Crippen LogP contribution in [0.3, 0.4) is 0 Å². The number of esters is 1. The average molecular weight is 320 g/mol. The highest BCUT2D eigenvalue weighted by molar-refractivity contribution is 5.75. The van der Waals surface area contributed by atoms with Crippen LogP contribution in [0.1, 0.15) is 26.3 Å². The topological polar surface area (TPSA) is 65.0 Å². The molecule has 0 aromatic heterocycles. The first-order valence-corrected chi connectivity index (χ1v) is 7.64. The Kier molecular flexibility index (Phi) is 5.57. The number of benzene rings is 1. The van der Waals surface area contributed by atoms with E-state index in [-0.39, 0.29) is 12.6 Å².